The van der Waals surface area contributed by atoms with Crippen molar-refractivity contribution in [3.8, 4) is 0 Å². The van der Waals surface area contributed by atoms with E-state index in [1.807, 2.05) is 0 Å². The molecule has 0 nitrogen and oxygen atoms in total. The van der Waals surface area contributed by atoms with Crippen molar-refractivity contribution in [1.82, 2.24) is 0 Å². The molecule has 24 valence electrons. The fraction of sp³-hybridized carbons (Fsp3) is 0. The zero-order chi connectivity index (χ0) is 0. The Balaban J connectivity index is 0. The van der Waals surface area contributed by atoms with Crippen molar-refractivity contribution in [2.75, 3.05) is 0 Å². The van der Waals surface area contributed by atoms with Crippen LogP contribution in [-0.2, 0) is 36.5 Å². The molecule has 0 saturated heterocycles. The molecule has 0 unspecified atom stereocenters. The third-order valence-electron chi connectivity index (χ3n) is 0. The molecular weight excluding hydrogens is 213 g/mol. The van der Waals surface area contributed by atoms with E-state index in [4.69, 9.17) is 0 Å². The van der Waals surface area contributed by atoms with Crippen LogP contribution >= 0.6 is 0 Å². The molecule has 0 rings (SSSR count). The number of rotatable bonds is 0. The molecule has 0 amide bonds. The summed E-state index contributed by atoms with van der Waals surface area (Å²) in [5.74, 6) is 0. The van der Waals surface area contributed by atoms with Crippen molar-refractivity contribution in [1.29, 1.82) is 0 Å². The Bertz CT molecular complexity index is 11.6. The van der Waals surface area contributed by atoms with E-state index in [0.717, 1.165) is 0 Å². The van der Waals surface area contributed by atoms with Crippen molar-refractivity contribution >= 4 is 78.2 Å². The zero-order valence-corrected chi connectivity index (χ0v) is 5.13. The molecule has 0 aromatic rings. The summed E-state index contributed by atoms with van der Waals surface area (Å²) in [5.41, 5.74) is 0. The van der Waals surface area contributed by atoms with E-state index < -0.39 is 0 Å². The van der Waals surface area contributed by atoms with Gasteiger partial charge in [-0.25, -0.2) is 0 Å². The Hall–Kier alpha value is 3.70. The predicted octanol–water partition coefficient (Wildman–Crippen LogP) is -3.02. The van der Waals surface area contributed by atoms with Gasteiger partial charge in [-0.1, -0.05) is 0 Å². The van der Waals surface area contributed by atoms with Gasteiger partial charge < -0.3 is 0 Å². The smallest absolute Gasteiger partial charge is 0 e. The zero-order valence-electron chi connectivity index (χ0n) is 1.06. The SMILES string of the molecule is [AlH3].[CaH2].[Fe].[MgH2].[Zn]. The Morgan fingerprint density at radius 2 is 1.00 bits per heavy atom. The van der Waals surface area contributed by atoms with E-state index >= 15 is 0 Å². The van der Waals surface area contributed by atoms with E-state index in [0.29, 0.717) is 0 Å². The average Bonchev–Trinajstić information content (AvgIpc) is 0. The molecule has 0 aliphatic heterocycles. The molecule has 0 N–H and O–H groups in total. The van der Waals surface area contributed by atoms with Gasteiger partial charge in [0.1, 0.15) is 0 Å². The maximum atomic E-state index is 0. The Kier molecular flexibility index (Phi) is 190. The van der Waals surface area contributed by atoms with Crippen LogP contribution in [-0.4, -0.2) is 78.2 Å². The minimum atomic E-state index is 0. The normalized spacial score (nSPS) is 0. The van der Waals surface area contributed by atoms with Crippen molar-refractivity contribution in [3.63, 3.8) is 0 Å². The van der Waals surface area contributed by atoms with Crippen molar-refractivity contribution in [2.45, 2.75) is 0 Å². The second-order valence-electron chi connectivity index (χ2n) is 0. The number of hydrogen-bond acceptors (Lipinski definition) is 0. The molecule has 0 saturated carbocycles. The van der Waals surface area contributed by atoms with Crippen LogP contribution < -0.4 is 0 Å². The minimum Gasteiger partial charge on any atom is 0 e. The van der Waals surface area contributed by atoms with Gasteiger partial charge >= 0.3 is 60.8 Å². The molecule has 0 heterocycles. The van der Waals surface area contributed by atoms with Crippen LogP contribution in [0.25, 0.3) is 0 Å². The van der Waals surface area contributed by atoms with E-state index in [-0.39, 0.29) is 115 Å². The molecule has 0 aliphatic rings. The molecule has 0 aromatic carbocycles. The Morgan fingerprint density at radius 3 is 1.00 bits per heavy atom. The molecule has 0 bridgehead atoms. The predicted molar refractivity (Wildman–Crippen MR) is 27.0 cm³/mol. The fourth-order valence-corrected chi connectivity index (χ4v) is 0. The monoisotopic (exact) mass is 218 g/mol. The molecule has 0 radical (unpaired) electrons. The van der Waals surface area contributed by atoms with Gasteiger partial charge in [0.25, 0.3) is 0 Å². The van der Waals surface area contributed by atoms with Crippen LogP contribution in [0.15, 0.2) is 0 Å². The maximum Gasteiger partial charge on any atom is 0.316 e. The van der Waals surface area contributed by atoms with E-state index in [9.17, 15) is 0 Å². The summed E-state index contributed by atoms with van der Waals surface area (Å²) in [4.78, 5) is 0. The van der Waals surface area contributed by atoms with Gasteiger partial charge in [-0.2, -0.15) is 0 Å². The minimum absolute atomic E-state index is 0. The Labute approximate surface area is 112 Å². The summed E-state index contributed by atoms with van der Waals surface area (Å²) in [5, 5.41) is 0. The van der Waals surface area contributed by atoms with Crippen LogP contribution in [0.5, 0.6) is 0 Å². The third kappa shape index (κ3) is 18.3. The number of hydrogen-bond donors (Lipinski definition) is 0. The van der Waals surface area contributed by atoms with Crippen LogP contribution in [0.2, 0.25) is 0 Å². The molecule has 0 atom stereocenters. The average molecular weight is 220 g/mol. The summed E-state index contributed by atoms with van der Waals surface area (Å²) in [7, 11) is 0. The quantitative estimate of drug-likeness (QED) is 0.381. The van der Waals surface area contributed by atoms with Crippen molar-refractivity contribution < 1.29 is 36.5 Å². The van der Waals surface area contributed by atoms with Gasteiger partial charge in [-0.3, -0.25) is 0 Å². The summed E-state index contributed by atoms with van der Waals surface area (Å²) in [6.45, 7) is 0. The molecule has 0 spiro atoms. The van der Waals surface area contributed by atoms with Crippen LogP contribution in [0.4, 0.5) is 0 Å². The summed E-state index contributed by atoms with van der Waals surface area (Å²) >= 11 is 0. The van der Waals surface area contributed by atoms with Gasteiger partial charge in [0.05, 0.1) is 0 Å². The van der Waals surface area contributed by atoms with Gasteiger partial charge in [0.2, 0.25) is 0 Å². The molecule has 0 aromatic heterocycles. The summed E-state index contributed by atoms with van der Waals surface area (Å²) in [6, 6.07) is 0. The second-order valence-corrected chi connectivity index (χ2v) is 0. The summed E-state index contributed by atoms with van der Waals surface area (Å²) < 4.78 is 0. The molecule has 5 heteroatoms. The summed E-state index contributed by atoms with van der Waals surface area (Å²) in [6.07, 6.45) is 0. The van der Waals surface area contributed by atoms with Gasteiger partial charge in [0.15, 0.2) is 17.4 Å². The van der Waals surface area contributed by atoms with Crippen LogP contribution in [0, 0.1) is 0 Å². The van der Waals surface area contributed by atoms with Crippen molar-refractivity contribution in [2.24, 2.45) is 0 Å². The van der Waals surface area contributed by atoms with Crippen LogP contribution in [0.1, 0.15) is 0 Å². The molecule has 0 aliphatic carbocycles. The first-order valence-corrected chi connectivity index (χ1v) is 0. The van der Waals surface area contributed by atoms with E-state index in [2.05, 4.69) is 0 Å². The molecular formula is H7AlCaFeMgZn. The van der Waals surface area contributed by atoms with E-state index in [1.165, 1.54) is 0 Å². The topological polar surface area (TPSA) is 0 Å². The van der Waals surface area contributed by atoms with Gasteiger partial charge in [-0.15, -0.1) is 0 Å². The first-order chi connectivity index (χ1) is 0. The molecule has 5 heavy (non-hydrogen) atoms. The van der Waals surface area contributed by atoms with Crippen molar-refractivity contribution in [3.05, 3.63) is 0 Å². The van der Waals surface area contributed by atoms with Crippen LogP contribution in [0.3, 0.4) is 0 Å². The fourth-order valence-electron chi connectivity index (χ4n) is 0. The first kappa shape index (κ1) is 37.7. The van der Waals surface area contributed by atoms with E-state index in [1.54, 1.807) is 0 Å². The molecule has 0 fully saturated rings. The van der Waals surface area contributed by atoms with Gasteiger partial charge in [-0.05, 0) is 0 Å². The first-order valence-electron chi connectivity index (χ1n) is 0. The maximum absolute atomic E-state index is 0. The Morgan fingerprint density at radius 1 is 1.00 bits per heavy atom. The largest absolute Gasteiger partial charge is 0.316 e. The third-order valence-corrected chi connectivity index (χ3v) is 0. The van der Waals surface area contributed by atoms with Gasteiger partial charge in [0, 0.05) is 36.5 Å². The standard InChI is InChI=1S/Al.Ca.Fe.Mg.Zn.7H. The second kappa shape index (κ2) is 25.2.